The van der Waals surface area contributed by atoms with Crippen molar-refractivity contribution in [3.8, 4) is 17.2 Å². The minimum Gasteiger partial charge on any atom is -0.491 e. The molecular weight excluding hydrogens is 921 g/mol. The van der Waals surface area contributed by atoms with E-state index in [2.05, 4.69) is 41.7 Å². The average Bonchev–Trinajstić information content (AvgIpc) is 3.87. The molecule has 0 unspecified atom stereocenters. The molecule has 7 N–H and O–H groups in total. The number of rotatable bonds is 25. The first-order valence-corrected chi connectivity index (χ1v) is 24.6. The third-order valence-corrected chi connectivity index (χ3v) is 13.3. The van der Waals surface area contributed by atoms with E-state index < -0.39 is 47.5 Å². The number of amides is 4. The lowest BCUT2D eigenvalue weighted by Gasteiger charge is -2.40. The number of hydrogen-bond donors (Lipinski definition) is 6. The fourth-order valence-electron chi connectivity index (χ4n) is 8.73. The lowest BCUT2D eigenvalue weighted by Crippen LogP contribution is -2.61. The molecule has 1 aromatic carbocycles. The van der Waals surface area contributed by atoms with Crippen LogP contribution in [0.25, 0.3) is 11.5 Å². The quantitative estimate of drug-likeness (QED) is 0.0465. The maximum Gasteiger partial charge on any atom is 0.284 e. The number of anilines is 2. The summed E-state index contributed by atoms with van der Waals surface area (Å²) >= 11 is 0. The molecule has 0 radical (unpaired) electrons. The first-order chi connectivity index (χ1) is 34.1. The molecule has 0 bridgehead atoms. The number of primary amides is 1. The van der Waals surface area contributed by atoms with E-state index in [-0.39, 0.29) is 48.1 Å². The normalized spacial score (nSPS) is 18.9. The first kappa shape index (κ1) is 52.8. The van der Waals surface area contributed by atoms with Crippen molar-refractivity contribution in [1.29, 1.82) is 0 Å². The van der Waals surface area contributed by atoms with Gasteiger partial charge in [-0.2, -0.15) is 5.10 Å². The summed E-state index contributed by atoms with van der Waals surface area (Å²) in [5.74, 6) is 0.590. The van der Waals surface area contributed by atoms with Crippen LogP contribution in [-0.4, -0.2) is 126 Å². The van der Waals surface area contributed by atoms with E-state index in [9.17, 15) is 28.0 Å². The van der Waals surface area contributed by atoms with Gasteiger partial charge in [-0.3, -0.25) is 23.9 Å². The molecule has 21 heteroatoms. The Morgan fingerprint density at radius 2 is 1.65 bits per heavy atom. The van der Waals surface area contributed by atoms with E-state index in [0.29, 0.717) is 68.5 Å². The number of ether oxygens (including phenoxy) is 3. The van der Waals surface area contributed by atoms with Crippen LogP contribution in [0, 0.1) is 17.3 Å². The Labute approximate surface area is 413 Å². The van der Waals surface area contributed by atoms with Crippen LogP contribution in [-0.2, 0) is 36.8 Å². The number of aromatic nitrogens is 4. The second-order valence-electron chi connectivity index (χ2n) is 19.7. The largest absolute Gasteiger partial charge is 0.491 e. The fourth-order valence-corrected chi connectivity index (χ4v) is 8.73. The van der Waals surface area contributed by atoms with Gasteiger partial charge in [0.25, 0.3) is 12.3 Å². The van der Waals surface area contributed by atoms with Crippen LogP contribution < -0.4 is 37.1 Å². The van der Waals surface area contributed by atoms with E-state index in [4.69, 9.17) is 24.4 Å². The van der Waals surface area contributed by atoms with Gasteiger partial charge in [-0.15, -0.1) is 0 Å². The number of oxazole rings is 1. The van der Waals surface area contributed by atoms with Crippen molar-refractivity contribution in [2.45, 2.75) is 110 Å². The minimum absolute atomic E-state index is 0.0419. The summed E-state index contributed by atoms with van der Waals surface area (Å²) in [5.41, 5.74) is 6.93. The van der Waals surface area contributed by atoms with Crippen LogP contribution in [0.2, 0.25) is 0 Å². The highest BCUT2D eigenvalue weighted by Crippen LogP contribution is 2.36. The number of nitrogens with zero attached hydrogens (tertiary/aromatic N) is 5. The standard InChI is InChI=1S/C50H69F2N11O8/c1-30(54-5)46(65)60-43(50(2,3)4)49(67)62-27-35-22-37(13-10-33(35)23-40(62)45(53)64)70-21-20-69-19-18-68-17-16-55-25-31-8-11-36(12-9-31)63-28-38(42(61-63)44(51)52)58-47(66)39-29-71-48(59-39)34-14-15-56-41(24-34)57-26-32-6-7-32/h10,13-15,22,24,28-32,36,40,43-44,54-55H,6-9,11-12,16-21,23,25-27H2,1-5H3,(H2,53,64)(H,56,57)(H,58,66)(H,60,65)/t30-,31-,36-,40-,43+/m0/s1. The molecule has 3 aliphatic rings. The summed E-state index contributed by atoms with van der Waals surface area (Å²) < 4.78 is 52.8. The molecule has 3 aromatic heterocycles. The summed E-state index contributed by atoms with van der Waals surface area (Å²) in [7, 11) is 1.67. The molecule has 4 amide bonds. The summed E-state index contributed by atoms with van der Waals surface area (Å²) in [6.45, 7) is 11.7. The molecular formula is C50H69F2N11O8. The average molecular weight is 990 g/mol. The van der Waals surface area contributed by atoms with Crippen LogP contribution in [0.3, 0.4) is 0 Å². The smallest absolute Gasteiger partial charge is 0.284 e. The molecule has 4 heterocycles. The van der Waals surface area contributed by atoms with Gasteiger partial charge in [-0.05, 0) is 112 Å². The number of halogens is 2. The molecule has 4 aromatic rings. The number of nitrogens with one attached hydrogen (secondary N) is 5. The van der Waals surface area contributed by atoms with Gasteiger partial charge in [0.15, 0.2) is 11.4 Å². The number of hydrogen-bond acceptors (Lipinski definition) is 14. The molecule has 1 aliphatic heterocycles. The molecule has 386 valence electrons. The second kappa shape index (κ2) is 24.4. The van der Waals surface area contributed by atoms with E-state index >= 15 is 0 Å². The molecule has 2 saturated carbocycles. The third-order valence-electron chi connectivity index (χ3n) is 13.3. The molecule has 7 rings (SSSR count). The summed E-state index contributed by atoms with van der Waals surface area (Å²) in [6.07, 6.45) is 7.41. The zero-order chi connectivity index (χ0) is 50.7. The highest BCUT2D eigenvalue weighted by molar-refractivity contribution is 6.03. The number of carbonyl (C=O) groups excluding carboxylic acids is 4. The maximum absolute atomic E-state index is 14.1. The number of nitrogens with two attached hydrogens (primary N) is 1. The topological polar surface area (TPSA) is 242 Å². The Balaban J connectivity index is 0.765. The Morgan fingerprint density at radius 1 is 0.930 bits per heavy atom. The van der Waals surface area contributed by atoms with Crippen molar-refractivity contribution in [2.24, 2.45) is 23.0 Å². The summed E-state index contributed by atoms with van der Waals surface area (Å²) in [5, 5.41) is 19.3. The van der Waals surface area contributed by atoms with Crippen molar-refractivity contribution in [1.82, 2.24) is 40.6 Å². The van der Waals surface area contributed by atoms with Crippen LogP contribution in [0.4, 0.5) is 20.3 Å². The highest BCUT2D eigenvalue weighted by atomic mass is 19.3. The van der Waals surface area contributed by atoms with Crippen molar-refractivity contribution in [2.75, 3.05) is 70.3 Å². The van der Waals surface area contributed by atoms with Gasteiger partial charge in [0.2, 0.25) is 23.6 Å². The second-order valence-corrected chi connectivity index (χ2v) is 19.7. The molecule has 19 nitrogen and oxygen atoms in total. The lowest BCUT2D eigenvalue weighted by molar-refractivity contribution is -0.146. The number of benzene rings is 1. The van der Waals surface area contributed by atoms with E-state index in [0.717, 1.165) is 49.9 Å². The Bertz CT molecular complexity index is 2430. The van der Waals surface area contributed by atoms with E-state index in [1.807, 2.05) is 39.0 Å². The Kier molecular flexibility index (Phi) is 18.1. The monoisotopic (exact) mass is 990 g/mol. The minimum atomic E-state index is -2.88. The van der Waals surface area contributed by atoms with Crippen LogP contribution in [0.5, 0.6) is 5.75 Å². The van der Waals surface area contributed by atoms with Gasteiger partial charge in [-0.1, -0.05) is 26.8 Å². The number of likely N-dealkylation sites (N-methyl/N-ethyl adjacent to an activating group) is 1. The van der Waals surface area contributed by atoms with Gasteiger partial charge in [0, 0.05) is 44.0 Å². The first-order valence-electron chi connectivity index (χ1n) is 24.6. The van der Waals surface area contributed by atoms with Crippen LogP contribution >= 0.6 is 0 Å². The van der Waals surface area contributed by atoms with Gasteiger partial charge < -0.3 is 55.8 Å². The SMILES string of the molecule is CN[C@@H](C)C(=O)N[C@H](C(=O)N1Cc2cc(OCCOCCOCCNC[C@H]3CC[C@H](n4cc(NC(=O)c5coc(-c6ccnc(NCC7CC7)c6)n5)c(C(F)F)n4)CC3)ccc2C[C@H]1C(N)=O)C(C)(C)C. The molecule has 0 saturated heterocycles. The van der Waals surface area contributed by atoms with E-state index in [1.54, 1.807) is 37.0 Å². The van der Waals surface area contributed by atoms with Crippen molar-refractivity contribution >= 4 is 35.1 Å². The van der Waals surface area contributed by atoms with Crippen LogP contribution in [0.1, 0.15) is 106 Å². The van der Waals surface area contributed by atoms with Crippen LogP contribution in [0.15, 0.2) is 53.4 Å². The lowest BCUT2D eigenvalue weighted by atomic mass is 9.84. The Hall–Kier alpha value is -6.03. The predicted molar refractivity (Wildman–Crippen MR) is 261 cm³/mol. The van der Waals surface area contributed by atoms with Gasteiger partial charge >= 0.3 is 0 Å². The van der Waals surface area contributed by atoms with Gasteiger partial charge in [-0.25, -0.2) is 18.7 Å². The van der Waals surface area contributed by atoms with E-state index in [1.165, 1.54) is 30.2 Å². The molecule has 0 spiro atoms. The molecule has 3 atom stereocenters. The zero-order valence-corrected chi connectivity index (χ0v) is 41.3. The fraction of sp³-hybridized carbons (Fsp3) is 0.580. The third kappa shape index (κ3) is 14.5. The number of carbonyl (C=O) groups is 4. The highest BCUT2D eigenvalue weighted by Gasteiger charge is 2.42. The Morgan fingerprint density at radius 3 is 2.35 bits per heavy atom. The maximum atomic E-state index is 14.1. The zero-order valence-electron chi connectivity index (χ0n) is 41.3. The van der Waals surface area contributed by atoms with Crippen molar-refractivity contribution < 1.29 is 46.6 Å². The van der Waals surface area contributed by atoms with Gasteiger partial charge in [0.05, 0.1) is 44.2 Å². The molecule has 2 aliphatic carbocycles. The number of pyridine rings is 1. The number of fused-ring (bicyclic) bond motifs is 1. The molecule has 2 fully saturated rings. The predicted octanol–water partition coefficient (Wildman–Crippen LogP) is 5.26. The summed E-state index contributed by atoms with van der Waals surface area (Å²) in [6, 6.07) is 6.75. The van der Waals surface area contributed by atoms with Crippen molar-refractivity contribution in [3.63, 3.8) is 0 Å². The number of alkyl halides is 2. The van der Waals surface area contributed by atoms with Crippen molar-refractivity contribution in [3.05, 3.63) is 71.5 Å². The van der Waals surface area contributed by atoms with Gasteiger partial charge in [0.1, 0.15) is 36.5 Å². The summed E-state index contributed by atoms with van der Waals surface area (Å²) in [4.78, 5) is 62.6. The molecule has 71 heavy (non-hydrogen) atoms.